The molecule has 2 heterocycles. The van der Waals surface area contributed by atoms with Crippen molar-refractivity contribution in [3.63, 3.8) is 0 Å². The number of sulfonamides is 1. The van der Waals surface area contributed by atoms with Crippen LogP contribution in [-0.4, -0.2) is 49.6 Å². The van der Waals surface area contributed by atoms with Crippen LogP contribution in [0.3, 0.4) is 0 Å². The van der Waals surface area contributed by atoms with Crippen LogP contribution in [0, 0.1) is 0 Å². The molecule has 2 rings (SSSR count). The fourth-order valence-corrected chi connectivity index (χ4v) is 4.72. The van der Waals surface area contributed by atoms with Crippen LogP contribution in [-0.2, 0) is 19.6 Å². The molecular weight excluding hydrogens is 254 g/mol. The molecule has 0 bridgehead atoms. The van der Waals surface area contributed by atoms with E-state index < -0.39 is 16.1 Å². The maximum absolute atomic E-state index is 12.4. The summed E-state index contributed by atoms with van der Waals surface area (Å²) in [7, 11) is -3.37. The van der Waals surface area contributed by atoms with Gasteiger partial charge in [0.25, 0.3) is 0 Å². The number of carbonyl (C=O) groups is 1. The van der Waals surface area contributed by atoms with Crippen LogP contribution in [0.1, 0.15) is 39.0 Å². The molecule has 0 amide bonds. The minimum Gasteiger partial charge on any atom is -0.377 e. The zero-order valence-electron chi connectivity index (χ0n) is 10.8. The van der Waals surface area contributed by atoms with E-state index in [1.807, 2.05) is 0 Å². The first kappa shape index (κ1) is 14.0. The summed E-state index contributed by atoms with van der Waals surface area (Å²) in [5.74, 6) is -0.0258. The Kier molecular flexibility index (Phi) is 4.40. The van der Waals surface area contributed by atoms with E-state index in [4.69, 9.17) is 4.74 Å². The molecule has 104 valence electrons. The Bertz CT molecular complexity index is 400. The van der Waals surface area contributed by atoms with E-state index in [1.54, 1.807) is 0 Å². The number of ketones is 1. The second-order valence-corrected chi connectivity index (χ2v) is 7.11. The molecule has 0 N–H and O–H groups in total. The van der Waals surface area contributed by atoms with Gasteiger partial charge >= 0.3 is 0 Å². The van der Waals surface area contributed by atoms with Gasteiger partial charge in [-0.25, -0.2) is 8.42 Å². The highest BCUT2D eigenvalue weighted by atomic mass is 32.2. The number of piperidine rings is 1. The van der Waals surface area contributed by atoms with Gasteiger partial charge in [-0.1, -0.05) is 6.42 Å². The summed E-state index contributed by atoms with van der Waals surface area (Å²) in [6.45, 7) is 2.60. The van der Waals surface area contributed by atoms with Gasteiger partial charge in [-0.2, -0.15) is 4.31 Å². The Labute approximate surface area is 109 Å². The third-order valence-electron chi connectivity index (χ3n) is 3.70. The predicted octanol–water partition coefficient (Wildman–Crippen LogP) is 0.939. The molecule has 6 heteroatoms. The van der Waals surface area contributed by atoms with E-state index in [0.717, 1.165) is 25.7 Å². The molecular formula is C12H21NO4S. The van der Waals surface area contributed by atoms with Crippen LogP contribution in [0.15, 0.2) is 0 Å². The molecule has 0 saturated carbocycles. The molecule has 0 radical (unpaired) electrons. The number of rotatable bonds is 4. The van der Waals surface area contributed by atoms with E-state index in [2.05, 4.69) is 0 Å². The van der Waals surface area contributed by atoms with Crippen LogP contribution in [0.4, 0.5) is 0 Å². The second-order valence-electron chi connectivity index (χ2n) is 5.15. The lowest BCUT2D eigenvalue weighted by Crippen LogP contribution is -2.49. The van der Waals surface area contributed by atoms with Crippen LogP contribution < -0.4 is 0 Å². The fraction of sp³-hybridized carbons (Fsp3) is 0.917. The topological polar surface area (TPSA) is 63.7 Å². The summed E-state index contributed by atoms with van der Waals surface area (Å²) in [4.78, 5) is 11.6. The molecule has 0 aromatic heterocycles. The third-order valence-corrected chi connectivity index (χ3v) is 5.65. The van der Waals surface area contributed by atoms with Crippen molar-refractivity contribution in [3.8, 4) is 0 Å². The van der Waals surface area contributed by atoms with Crippen molar-refractivity contribution in [2.24, 2.45) is 0 Å². The molecule has 2 unspecified atom stereocenters. The Morgan fingerprint density at radius 2 is 2.06 bits per heavy atom. The van der Waals surface area contributed by atoms with Crippen molar-refractivity contribution >= 4 is 15.8 Å². The average Bonchev–Trinajstić information content (AvgIpc) is 2.81. The van der Waals surface area contributed by atoms with Crippen molar-refractivity contribution < 1.29 is 17.9 Å². The molecule has 0 aromatic carbocycles. The van der Waals surface area contributed by atoms with Crippen molar-refractivity contribution in [1.29, 1.82) is 0 Å². The lowest BCUT2D eigenvalue weighted by Gasteiger charge is -2.33. The minimum atomic E-state index is -3.37. The second kappa shape index (κ2) is 5.67. The van der Waals surface area contributed by atoms with Gasteiger partial charge in [-0.3, -0.25) is 4.79 Å². The summed E-state index contributed by atoms with van der Waals surface area (Å²) < 4.78 is 31.5. The number of nitrogens with zero attached hydrogens (tertiary/aromatic N) is 1. The van der Waals surface area contributed by atoms with Gasteiger partial charge in [0.05, 0.1) is 17.9 Å². The molecule has 2 atom stereocenters. The van der Waals surface area contributed by atoms with Crippen molar-refractivity contribution in [2.75, 3.05) is 18.9 Å². The number of hydrogen-bond acceptors (Lipinski definition) is 4. The molecule has 2 aliphatic rings. The van der Waals surface area contributed by atoms with Crippen LogP contribution in [0.5, 0.6) is 0 Å². The summed E-state index contributed by atoms with van der Waals surface area (Å²) in [6.07, 6.45) is 3.96. The van der Waals surface area contributed by atoms with Gasteiger partial charge in [0.2, 0.25) is 10.0 Å². The maximum atomic E-state index is 12.4. The van der Waals surface area contributed by atoms with Gasteiger partial charge in [0.15, 0.2) is 0 Å². The van der Waals surface area contributed by atoms with Crippen molar-refractivity contribution in [2.45, 2.75) is 51.2 Å². The van der Waals surface area contributed by atoms with Gasteiger partial charge in [0, 0.05) is 13.2 Å². The van der Waals surface area contributed by atoms with Crippen LogP contribution in [0.2, 0.25) is 0 Å². The Morgan fingerprint density at radius 1 is 1.28 bits per heavy atom. The molecule has 18 heavy (non-hydrogen) atoms. The first-order valence-corrected chi connectivity index (χ1v) is 8.23. The zero-order valence-corrected chi connectivity index (χ0v) is 11.6. The summed E-state index contributed by atoms with van der Waals surface area (Å²) >= 11 is 0. The lowest BCUT2D eigenvalue weighted by molar-refractivity contribution is -0.121. The largest absolute Gasteiger partial charge is 0.377 e. The Hall–Kier alpha value is -0.460. The lowest BCUT2D eigenvalue weighted by atomic mass is 10.0. The Balaban J connectivity index is 2.08. The maximum Gasteiger partial charge on any atom is 0.217 e. The number of ether oxygens (including phenoxy) is 1. The number of carbonyl (C=O) groups excluding carboxylic acids is 1. The molecule has 0 aliphatic carbocycles. The van der Waals surface area contributed by atoms with E-state index in [-0.39, 0.29) is 17.6 Å². The van der Waals surface area contributed by atoms with Gasteiger partial charge in [0.1, 0.15) is 5.78 Å². The Morgan fingerprint density at radius 3 is 2.67 bits per heavy atom. The average molecular weight is 275 g/mol. The standard InChI is InChI=1S/C12H21NO4S/c1-10(14)12-6-2-3-7-13(12)18(15,16)9-11-5-4-8-17-11/h11-12H,2-9H2,1H3. The van der Waals surface area contributed by atoms with Crippen molar-refractivity contribution in [3.05, 3.63) is 0 Å². The normalized spacial score (nSPS) is 30.5. The summed E-state index contributed by atoms with van der Waals surface area (Å²) in [5.41, 5.74) is 0. The monoisotopic (exact) mass is 275 g/mol. The smallest absolute Gasteiger partial charge is 0.217 e. The van der Waals surface area contributed by atoms with E-state index in [9.17, 15) is 13.2 Å². The summed E-state index contributed by atoms with van der Waals surface area (Å²) in [6, 6.07) is -0.454. The number of hydrogen-bond donors (Lipinski definition) is 0. The van der Waals surface area contributed by atoms with Crippen LogP contribution in [0.25, 0.3) is 0 Å². The first-order valence-electron chi connectivity index (χ1n) is 6.62. The molecule has 2 aliphatic heterocycles. The van der Waals surface area contributed by atoms with E-state index >= 15 is 0 Å². The minimum absolute atomic E-state index is 0.0246. The summed E-state index contributed by atoms with van der Waals surface area (Å²) in [5, 5.41) is 0. The molecule has 2 saturated heterocycles. The third kappa shape index (κ3) is 3.10. The SMILES string of the molecule is CC(=O)C1CCCCN1S(=O)(=O)CC1CCCO1. The van der Waals surface area contributed by atoms with E-state index in [1.165, 1.54) is 11.2 Å². The number of Topliss-reactive ketones (excluding diaryl/α,β-unsaturated/α-hetero) is 1. The van der Waals surface area contributed by atoms with Gasteiger partial charge in [-0.15, -0.1) is 0 Å². The fourth-order valence-electron chi connectivity index (χ4n) is 2.75. The molecule has 5 nitrogen and oxygen atoms in total. The first-order chi connectivity index (χ1) is 8.50. The quantitative estimate of drug-likeness (QED) is 0.766. The highest BCUT2D eigenvalue weighted by molar-refractivity contribution is 7.89. The molecule has 0 aromatic rings. The zero-order chi connectivity index (χ0) is 13.2. The van der Waals surface area contributed by atoms with Gasteiger partial charge in [-0.05, 0) is 32.6 Å². The van der Waals surface area contributed by atoms with Gasteiger partial charge < -0.3 is 4.74 Å². The predicted molar refractivity (Wildman–Crippen MR) is 67.8 cm³/mol. The molecule has 0 spiro atoms. The van der Waals surface area contributed by atoms with Crippen LogP contribution >= 0.6 is 0 Å². The van der Waals surface area contributed by atoms with E-state index in [0.29, 0.717) is 19.6 Å². The molecule has 2 fully saturated rings. The highest BCUT2D eigenvalue weighted by Crippen LogP contribution is 2.24. The van der Waals surface area contributed by atoms with Crippen molar-refractivity contribution in [1.82, 2.24) is 4.31 Å². The highest BCUT2D eigenvalue weighted by Gasteiger charge is 2.36.